The van der Waals surface area contributed by atoms with E-state index in [2.05, 4.69) is 15.2 Å². The van der Waals surface area contributed by atoms with Crippen LogP contribution in [-0.4, -0.2) is 19.9 Å². The van der Waals surface area contributed by atoms with Gasteiger partial charge in [-0.05, 0) is 35.7 Å². The number of benzene rings is 1. The molecule has 1 aromatic carbocycles. The maximum Gasteiger partial charge on any atom is 0.278 e. The monoisotopic (exact) mass is 358 g/mol. The normalized spacial score (nSPS) is 10.9. The second-order valence-electron chi connectivity index (χ2n) is 4.87. The van der Waals surface area contributed by atoms with Crippen LogP contribution in [0.2, 0.25) is 5.02 Å². The van der Waals surface area contributed by atoms with Gasteiger partial charge in [0.25, 0.3) is 5.89 Å². The zero-order chi connectivity index (χ0) is 16.4. The van der Waals surface area contributed by atoms with Crippen molar-refractivity contribution in [1.82, 2.24) is 19.9 Å². The molecule has 0 bridgehead atoms. The Kier molecular flexibility index (Phi) is 4.02. The van der Waals surface area contributed by atoms with Crippen LogP contribution < -0.4 is 4.74 Å². The van der Waals surface area contributed by atoms with Crippen molar-refractivity contribution in [2.75, 3.05) is 0 Å². The smallest absolute Gasteiger partial charge is 0.278 e. The fourth-order valence-electron chi connectivity index (χ4n) is 2.08. The summed E-state index contributed by atoms with van der Waals surface area (Å²) in [5.41, 5.74) is 0.597. The number of hydrogen-bond acceptors (Lipinski definition) is 6. The molecule has 120 valence electrons. The standard InChI is InChI=1S/C16H11ClN4O2S/c17-11-3-1-4-12(9-11)22-10-21-7-6-13(19-21)16-18-15(20-23-16)14-5-2-8-24-14/h1-9H,10H2. The van der Waals surface area contributed by atoms with Crippen LogP contribution in [0.1, 0.15) is 0 Å². The summed E-state index contributed by atoms with van der Waals surface area (Å²) in [5.74, 6) is 1.61. The van der Waals surface area contributed by atoms with Crippen molar-refractivity contribution in [3.8, 4) is 28.0 Å². The molecular formula is C16H11ClN4O2S. The fraction of sp³-hybridized carbons (Fsp3) is 0.0625. The van der Waals surface area contributed by atoms with Crippen molar-refractivity contribution in [3.05, 3.63) is 59.1 Å². The van der Waals surface area contributed by atoms with Gasteiger partial charge in [-0.25, -0.2) is 4.68 Å². The lowest BCUT2D eigenvalue weighted by Gasteiger charge is -2.05. The van der Waals surface area contributed by atoms with Gasteiger partial charge >= 0.3 is 0 Å². The van der Waals surface area contributed by atoms with Crippen LogP contribution in [0.15, 0.2) is 58.6 Å². The molecule has 0 aliphatic carbocycles. The molecule has 3 aromatic heterocycles. The lowest BCUT2D eigenvalue weighted by molar-refractivity contribution is 0.221. The summed E-state index contributed by atoms with van der Waals surface area (Å²) < 4.78 is 12.6. The van der Waals surface area contributed by atoms with Crippen LogP contribution in [-0.2, 0) is 6.73 Å². The van der Waals surface area contributed by atoms with Gasteiger partial charge in [0.15, 0.2) is 12.4 Å². The summed E-state index contributed by atoms with van der Waals surface area (Å²) in [6.07, 6.45) is 1.79. The molecule has 4 aromatic rings. The van der Waals surface area contributed by atoms with E-state index in [1.165, 1.54) is 0 Å². The third-order valence-corrected chi connectivity index (χ3v) is 4.29. The van der Waals surface area contributed by atoms with Gasteiger partial charge in [-0.15, -0.1) is 11.3 Å². The molecule has 0 N–H and O–H groups in total. The average molecular weight is 359 g/mol. The highest BCUT2D eigenvalue weighted by Crippen LogP contribution is 2.24. The van der Waals surface area contributed by atoms with Crippen molar-refractivity contribution in [1.29, 1.82) is 0 Å². The molecule has 0 saturated heterocycles. The quantitative estimate of drug-likeness (QED) is 0.530. The first kappa shape index (κ1) is 14.9. The largest absolute Gasteiger partial charge is 0.471 e. The molecule has 8 heteroatoms. The molecule has 3 heterocycles. The summed E-state index contributed by atoms with van der Waals surface area (Å²) in [5, 5.41) is 10.9. The Morgan fingerprint density at radius 1 is 1.21 bits per heavy atom. The van der Waals surface area contributed by atoms with E-state index in [9.17, 15) is 0 Å². The first-order valence-corrected chi connectivity index (χ1v) is 8.33. The van der Waals surface area contributed by atoms with Crippen LogP contribution in [0.25, 0.3) is 22.3 Å². The maximum absolute atomic E-state index is 5.93. The molecule has 0 saturated carbocycles. The van der Waals surface area contributed by atoms with Gasteiger partial charge in [-0.3, -0.25) is 0 Å². The Morgan fingerprint density at radius 2 is 2.17 bits per heavy atom. The van der Waals surface area contributed by atoms with Gasteiger partial charge < -0.3 is 9.26 Å². The summed E-state index contributed by atoms with van der Waals surface area (Å²) in [7, 11) is 0. The van der Waals surface area contributed by atoms with Crippen molar-refractivity contribution < 1.29 is 9.26 Å². The predicted molar refractivity (Wildman–Crippen MR) is 90.9 cm³/mol. The summed E-state index contributed by atoms with van der Waals surface area (Å²) in [4.78, 5) is 5.32. The van der Waals surface area contributed by atoms with Crippen LogP contribution in [0.5, 0.6) is 5.75 Å². The Bertz CT molecular complexity index is 949. The van der Waals surface area contributed by atoms with Gasteiger partial charge in [0.1, 0.15) is 5.75 Å². The molecule has 0 aliphatic rings. The van der Waals surface area contributed by atoms with Crippen molar-refractivity contribution in [2.24, 2.45) is 0 Å². The van der Waals surface area contributed by atoms with E-state index in [1.54, 1.807) is 40.4 Å². The number of thiophene rings is 1. The minimum atomic E-state index is 0.256. The highest BCUT2D eigenvalue weighted by Gasteiger charge is 2.13. The number of hydrogen-bond donors (Lipinski definition) is 0. The Labute approximate surface area is 146 Å². The van der Waals surface area contributed by atoms with Crippen LogP contribution in [0.4, 0.5) is 0 Å². The summed E-state index contributed by atoms with van der Waals surface area (Å²) in [6.45, 7) is 0.256. The number of ether oxygens (including phenoxy) is 1. The second-order valence-corrected chi connectivity index (χ2v) is 6.26. The Morgan fingerprint density at radius 3 is 3.00 bits per heavy atom. The molecule has 24 heavy (non-hydrogen) atoms. The minimum absolute atomic E-state index is 0.256. The Hall–Kier alpha value is -2.64. The Balaban J connectivity index is 1.47. The zero-order valence-electron chi connectivity index (χ0n) is 12.3. The van der Waals surface area contributed by atoms with E-state index in [-0.39, 0.29) is 6.73 Å². The predicted octanol–water partition coefficient (Wildman–Crippen LogP) is 4.35. The molecule has 0 amide bonds. The number of halogens is 1. The van der Waals surface area contributed by atoms with Crippen LogP contribution in [0, 0.1) is 0 Å². The molecule has 6 nitrogen and oxygen atoms in total. The molecule has 4 rings (SSSR count). The van der Waals surface area contributed by atoms with E-state index in [0.29, 0.717) is 28.2 Å². The summed E-state index contributed by atoms with van der Waals surface area (Å²) >= 11 is 7.48. The van der Waals surface area contributed by atoms with Crippen molar-refractivity contribution in [3.63, 3.8) is 0 Å². The molecule has 0 fully saturated rings. The number of rotatable bonds is 5. The van der Waals surface area contributed by atoms with E-state index < -0.39 is 0 Å². The third-order valence-electron chi connectivity index (χ3n) is 3.19. The first-order valence-electron chi connectivity index (χ1n) is 7.08. The maximum atomic E-state index is 5.93. The van der Waals surface area contributed by atoms with E-state index in [4.69, 9.17) is 20.9 Å². The molecule has 0 aliphatic heterocycles. The van der Waals surface area contributed by atoms with E-state index in [1.807, 2.05) is 29.6 Å². The fourth-order valence-corrected chi connectivity index (χ4v) is 2.91. The van der Waals surface area contributed by atoms with Gasteiger partial charge in [0.05, 0.1) is 4.88 Å². The number of aromatic nitrogens is 4. The van der Waals surface area contributed by atoms with Gasteiger partial charge in [0.2, 0.25) is 5.82 Å². The van der Waals surface area contributed by atoms with Crippen LogP contribution in [0.3, 0.4) is 0 Å². The van der Waals surface area contributed by atoms with Crippen molar-refractivity contribution >= 4 is 22.9 Å². The molecule has 0 radical (unpaired) electrons. The number of nitrogens with zero attached hydrogens (tertiary/aromatic N) is 4. The topological polar surface area (TPSA) is 66.0 Å². The van der Waals surface area contributed by atoms with Gasteiger partial charge in [-0.1, -0.05) is 28.9 Å². The summed E-state index contributed by atoms with van der Waals surface area (Å²) in [6, 6.07) is 12.9. The average Bonchev–Trinajstić information content (AvgIpc) is 3.32. The van der Waals surface area contributed by atoms with Gasteiger partial charge in [-0.2, -0.15) is 10.1 Å². The van der Waals surface area contributed by atoms with Gasteiger partial charge in [0, 0.05) is 11.2 Å². The molecule has 0 atom stereocenters. The van der Waals surface area contributed by atoms with Crippen LogP contribution >= 0.6 is 22.9 Å². The third kappa shape index (κ3) is 3.17. The lowest BCUT2D eigenvalue weighted by atomic mass is 10.3. The molecule has 0 unspecified atom stereocenters. The van der Waals surface area contributed by atoms with E-state index >= 15 is 0 Å². The van der Waals surface area contributed by atoms with Crippen molar-refractivity contribution in [2.45, 2.75) is 6.73 Å². The molecular weight excluding hydrogens is 348 g/mol. The highest BCUT2D eigenvalue weighted by atomic mass is 35.5. The minimum Gasteiger partial charge on any atom is -0.471 e. The van der Waals surface area contributed by atoms with E-state index in [0.717, 1.165) is 4.88 Å². The molecule has 0 spiro atoms. The second kappa shape index (κ2) is 6.46. The SMILES string of the molecule is Clc1cccc(OCn2ccc(-c3nc(-c4cccs4)no3)n2)c1. The lowest BCUT2D eigenvalue weighted by Crippen LogP contribution is -2.05. The highest BCUT2D eigenvalue weighted by molar-refractivity contribution is 7.13. The first-order chi connectivity index (χ1) is 11.8. The zero-order valence-corrected chi connectivity index (χ0v) is 13.9.